The Kier molecular flexibility index (Phi) is 4.05. The molecule has 2 aromatic heterocycles. The second-order valence-corrected chi connectivity index (χ2v) is 9.48. The molecule has 7 rings (SSSR count). The quantitative estimate of drug-likeness (QED) is 0.492. The summed E-state index contributed by atoms with van der Waals surface area (Å²) in [4.78, 5) is 17.5. The monoisotopic (exact) mass is 399 g/mol. The maximum atomic E-state index is 12.9. The van der Waals surface area contributed by atoms with E-state index in [1.54, 1.807) is 18.4 Å². The number of hydrogen-bond donors (Lipinski definition) is 1. The summed E-state index contributed by atoms with van der Waals surface area (Å²) in [6.45, 7) is 0. The maximum Gasteiger partial charge on any atom is 0.289 e. The number of furan rings is 1. The van der Waals surface area contributed by atoms with Crippen LogP contribution in [0, 0.1) is 17.8 Å². The van der Waals surface area contributed by atoms with Crippen LogP contribution < -0.4 is 5.43 Å². The molecule has 30 heavy (non-hydrogen) atoms. The first-order valence-corrected chi connectivity index (χ1v) is 11.0. The number of carbonyl (C=O) groups excluding carboxylic acids is 1. The second-order valence-electron chi connectivity index (χ2n) is 9.48. The van der Waals surface area contributed by atoms with Crippen LogP contribution in [0.4, 0.5) is 0 Å². The van der Waals surface area contributed by atoms with E-state index in [0.29, 0.717) is 11.5 Å². The van der Waals surface area contributed by atoms with Gasteiger partial charge in [0.25, 0.3) is 5.91 Å². The van der Waals surface area contributed by atoms with E-state index in [1.807, 2.05) is 18.2 Å². The second kappa shape index (κ2) is 6.79. The molecule has 5 nitrogen and oxygen atoms in total. The van der Waals surface area contributed by atoms with Gasteiger partial charge in [0.2, 0.25) is 0 Å². The molecule has 1 aromatic carbocycles. The lowest BCUT2D eigenvalue weighted by molar-refractivity contribution is -0.00453. The molecule has 0 atom stereocenters. The topological polar surface area (TPSA) is 67.5 Å². The molecule has 0 spiro atoms. The molecule has 152 valence electrons. The van der Waals surface area contributed by atoms with Gasteiger partial charge in [-0.15, -0.1) is 0 Å². The Balaban J connectivity index is 1.38. The minimum absolute atomic E-state index is 0.198. The van der Waals surface area contributed by atoms with Crippen molar-refractivity contribution in [2.45, 2.75) is 43.9 Å². The molecule has 3 aromatic rings. The van der Waals surface area contributed by atoms with Crippen molar-refractivity contribution in [2.75, 3.05) is 0 Å². The number of amides is 1. The SMILES string of the molecule is O=C(N/N=C/c1ccco1)c1cc(C23CC4CC(CC(C4)C2)C3)c2ccccc2n1. The molecular weight excluding hydrogens is 374 g/mol. The zero-order valence-corrected chi connectivity index (χ0v) is 16.9. The van der Waals surface area contributed by atoms with Crippen molar-refractivity contribution < 1.29 is 9.21 Å². The smallest absolute Gasteiger partial charge is 0.289 e. The third kappa shape index (κ3) is 2.95. The molecule has 0 unspecified atom stereocenters. The predicted octanol–water partition coefficient (Wildman–Crippen LogP) is 5.06. The molecule has 4 bridgehead atoms. The van der Waals surface area contributed by atoms with E-state index in [0.717, 1.165) is 23.3 Å². The molecule has 1 amide bonds. The summed E-state index contributed by atoms with van der Waals surface area (Å²) in [6.07, 6.45) is 11.0. The van der Waals surface area contributed by atoms with Gasteiger partial charge in [0, 0.05) is 5.39 Å². The van der Waals surface area contributed by atoms with Crippen molar-refractivity contribution in [3.05, 3.63) is 65.7 Å². The lowest BCUT2D eigenvalue weighted by Gasteiger charge is -2.57. The molecule has 0 saturated heterocycles. The maximum absolute atomic E-state index is 12.9. The fourth-order valence-corrected chi connectivity index (χ4v) is 6.75. The van der Waals surface area contributed by atoms with Crippen LogP contribution in [0.25, 0.3) is 10.9 Å². The Bertz CT molecular complexity index is 1100. The first-order chi connectivity index (χ1) is 14.7. The number of hydrazone groups is 1. The Labute approximate surface area is 175 Å². The van der Waals surface area contributed by atoms with Crippen molar-refractivity contribution in [1.82, 2.24) is 10.4 Å². The van der Waals surface area contributed by atoms with Crippen molar-refractivity contribution >= 4 is 23.0 Å². The van der Waals surface area contributed by atoms with Gasteiger partial charge in [-0.2, -0.15) is 5.10 Å². The van der Waals surface area contributed by atoms with E-state index in [1.165, 1.54) is 55.7 Å². The summed E-state index contributed by atoms with van der Waals surface area (Å²) in [5.41, 5.74) is 5.47. The van der Waals surface area contributed by atoms with Crippen LogP contribution in [-0.4, -0.2) is 17.1 Å². The van der Waals surface area contributed by atoms with Gasteiger partial charge >= 0.3 is 0 Å². The number of nitrogens with zero attached hydrogens (tertiary/aromatic N) is 2. The number of nitrogens with one attached hydrogen (secondary N) is 1. The summed E-state index contributed by atoms with van der Waals surface area (Å²) < 4.78 is 5.22. The van der Waals surface area contributed by atoms with E-state index in [2.05, 4.69) is 27.6 Å². The van der Waals surface area contributed by atoms with Gasteiger partial charge < -0.3 is 4.42 Å². The molecule has 1 N–H and O–H groups in total. The van der Waals surface area contributed by atoms with Crippen molar-refractivity contribution in [3.8, 4) is 0 Å². The van der Waals surface area contributed by atoms with Gasteiger partial charge in [-0.05, 0) is 91.5 Å². The molecule has 5 heteroatoms. The molecule has 0 radical (unpaired) electrons. The molecule has 4 saturated carbocycles. The van der Waals surface area contributed by atoms with Crippen molar-refractivity contribution in [2.24, 2.45) is 22.9 Å². The van der Waals surface area contributed by atoms with Crippen LogP contribution >= 0.6 is 0 Å². The van der Waals surface area contributed by atoms with Crippen molar-refractivity contribution in [1.29, 1.82) is 0 Å². The zero-order chi connectivity index (χ0) is 20.1. The van der Waals surface area contributed by atoms with Gasteiger partial charge in [0.05, 0.1) is 18.0 Å². The molecule has 2 heterocycles. The molecule has 4 fully saturated rings. The van der Waals surface area contributed by atoms with Gasteiger partial charge in [0.15, 0.2) is 0 Å². The Morgan fingerprint density at radius 2 is 1.80 bits per heavy atom. The van der Waals surface area contributed by atoms with E-state index >= 15 is 0 Å². The van der Waals surface area contributed by atoms with Gasteiger partial charge in [-0.3, -0.25) is 4.79 Å². The van der Waals surface area contributed by atoms with Gasteiger partial charge in [-0.25, -0.2) is 10.4 Å². The number of pyridine rings is 1. The average molecular weight is 399 g/mol. The van der Waals surface area contributed by atoms with Crippen LogP contribution in [0.5, 0.6) is 0 Å². The Morgan fingerprint density at radius 3 is 2.50 bits per heavy atom. The van der Waals surface area contributed by atoms with E-state index in [-0.39, 0.29) is 11.3 Å². The Morgan fingerprint density at radius 1 is 1.07 bits per heavy atom. The van der Waals surface area contributed by atoms with E-state index < -0.39 is 0 Å². The number of para-hydroxylation sites is 1. The molecule has 4 aliphatic carbocycles. The standard InChI is InChI=1S/C25H25N3O2/c29-24(28-26-15-19-4-3-7-30-19)23-11-21(20-5-1-2-6-22(20)27-23)25-12-16-8-17(13-25)10-18(9-16)14-25/h1-7,11,15-18H,8-10,12-14H2,(H,28,29)/b26-15+. The first-order valence-electron chi connectivity index (χ1n) is 11.0. The highest BCUT2D eigenvalue weighted by Crippen LogP contribution is 2.61. The fraction of sp³-hybridized carbons (Fsp3) is 0.400. The van der Waals surface area contributed by atoms with Crippen LogP contribution in [0.2, 0.25) is 0 Å². The number of aromatic nitrogens is 1. The predicted molar refractivity (Wildman–Crippen MR) is 115 cm³/mol. The van der Waals surface area contributed by atoms with Crippen LogP contribution in [-0.2, 0) is 5.41 Å². The van der Waals surface area contributed by atoms with Gasteiger partial charge in [0.1, 0.15) is 11.5 Å². The highest BCUT2D eigenvalue weighted by atomic mass is 16.3. The third-order valence-electron chi connectivity index (χ3n) is 7.46. The highest BCUT2D eigenvalue weighted by Gasteiger charge is 2.52. The summed E-state index contributed by atoms with van der Waals surface area (Å²) in [6, 6.07) is 13.9. The van der Waals surface area contributed by atoms with E-state index in [9.17, 15) is 4.79 Å². The summed E-state index contributed by atoms with van der Waals surface area (Å²) in [7, 11) is 0. The molecule has 4 aliphatic rings. The average Bonchev–Trinajstić information content (AvgIpc) is 3.25. The van der Waals surface area contributed by atoms with Crippen molar-refractivity contribution in [3.63, 3.8) is 0 Å². The number of carbonyl (C=O) groups is 1. The number of benzene rings is 1. The Hall–Kier alpha value is -2.95. The highest BCUT2D eigenvalue weighted by molar-refractivity contribution is 5.96. The van der Waals surface area contributed by atoms with Gasteiger partial charge in [-0.1, -0.05) is 18.2 Å². The summed E-state index contributed by atoms with van der Waals surface area (Å²) >= 11 is 0. The molecular formula is C25H25N3O2. The normalized spacial score (nSPS) is 29.7. The minimum atomic E-state index is -0.283. The van der Waals surface area contributed by atoms with Crippen LogP contribution in [0.1, 0.15) is 60.3 Å². The van der Waals surface area contributed by atoms with E-state index in [4.69, 9.17) is 4.42 Å². The third-order valence-corrected chi connectivity index (χ3v) is 7.46. The summed E-state index contributed by atoms with van der Waals surface area (Å²) in [5, 5.41) is 5.24. The summed E-state index contributed by atoms with van der Waals surface area (Å²) in [5.74, 6) is 2.85. The zero-order valence-electron chi connectivity index (χ0n) is 16.9. The van der Waals surface area contributed by atoms with Crippen LogP contribution in [0.3, 0.4) is 0 Å². The lowest BCUT2D eigenvalue weighted by Crippen LogP contribution is -2.48. The first kappa shape index (κ1) is 17.9. The van der Waals surface area contributed by atoms with Crippen LogP contribution in [0.15, 0.2) is 58.2 Å². The lowest BCUT2D eigenvalue weighted by atomic mass is 9.48. The largest absolute Gasteiger partial charge is 0.463 e. The number of hydrogen-bond acceptors (Lipinski definition) is 4. The molecule has 0 aliphatic heterocycles. The number of rotatable bonds is 4. The fourth-order valence-electron chi connectivity index (χ4n) is 6.75. The number of fused-ring (bicyclic) bond motifs is 1. The minimum Gasteiger partial charge on any atom is -0.463 e.